The zero-order valence-corrected chi connectivity index (χ0v) is 17.5. The Morgan fingerprint density at radius 2 is 1.58 bits per heavy atom. The van der Waals surface area contributed by atoms with E-state index in [4.69, 9.17) is 0 Å². The SMILES string of the molecule is O=C(NC1CCN(c2ncccn2)CC1)c1ccc(S(=O)(=O)Nc2ccncc2)cc1. The maximum atomic E-state index is 12.6. The van der Waals surface area contributed by atoms with Crippen molar-refractivity contribution in [1.82, 2.24) is 20.3 Å². The van der Waals surface area contributed by atoms with Crippen molar-refractivity contribution in [3.05, 3.63) is 72.8 Å². The van der Waals surface area contributed by atoms with E-state index in [1.807, 2.05) is 0 Å². The summed E-state index contributed by atoms with van der Waals surface area (Å²) in [5.74, 6) is 0.477. The molecule has 10 heteroatoms. The van der Waals surface area contributed by atoms with Gasteiger partial charge in [-0.25, -0.2) is 18.4 Å². The van der Waals surface area contributed by atoms with Crippen molar-refractivity contribution in [2.75, 3.05) is 22.7 Å². The Bertz CT molecular complexity index is 1120. The minimum absolute atomic E-state index is 0.0456. The quantitative estimate of drug-likeness (QED) is 0.605. The number of piperidine rings is 1. The van der Waals surface area contributed by atoms with Gasteiger partial charge in [-0.1, -0.05) is 0 Å². The lowest BCUT2D eigenvalue weighted by molar-refractivity contribution is 0.0931. The van der Waals surface area contributed by atoms with E-state index in [1.165, 1.54) is 36.7 Å². The highest BCUT2D eigenvalue weighted by molar-refractivity contribution is 7.92. The summed E-state index contributed by atoms with van der Waals surface area (Å²) >= 11 is 0. The van der Waals surface area contributed by atoms with Crippen LogP contribution < -0.4 is 14.9 Å². The van der Waals surface area contributed by atoms with Crippen LogP contribution in [0.4, 0.5) is 11.6 Å². The van der Waals surface area contributed by atoms with Gasteiger partial charge >= 0.3 is 0 Å². The topological polar surface area (TPSA) is 117 Å². The van der Waals surface area contributed by atoms with E-state index in [2.05, 4.69) is 29.9 Å². The van der Waals surface area contributed by atoms with Crippen LogP contribution in [0.5, 0.6) is 0 Å². The summed E-state index contributed by atoms with van der Waals surface area (Å²) in [7, 11) is -3.74. The Morgan fingerprint density at radius 3 is 2.23 bits per heavy atom. The van der Waals surface area contributed by atoms with Crippen LogP contribution in [0.3, 0.4) is 0 Å². The second-order valence-corrected chi connectivity index (χ2v) is 8.83. The lowest BCUT2D eigenvalue weighted by Crippen LogP contribution is -2.45. The number of amides is 1. The van der Waals surface area contributed by atoms with Crippen molar-refractivity contribution in [2.24, 2.45) is 0 Å². The molecule has 1 fully saturated rings. The van der Waals surface area contributed by atoms with Gasteiger partial charge in [0.05, 0.1) is 10.6 Å². The van der Waals surface area contributed by atoms with Crippen LogP contribution in [0.1, 0.15) is 23.2 Å². The van der Waals surface area contributed by atoms with Gasteiger partial charge in [0.25, 0.3) is 15.9 Å². The van der Waals surface area contributed by atoms with Gasteiger partial charge in [0.1, 0.15) is 0 Å². The number of benzene rings is 1. The molecule has 1 saturated heterocycles. The van der Waals surface area contributed by atoms with Crippen LogP contribution in [-0.2, 0) is 10.0 Å². The molecule has 160 valence electrons. The first-order valence-electron chi connectivity index (χ1n) is 9.87. The Morgan fingerprint density at radius 1 is 0.935 bits per heavy atom. The van der Waals surface area contributed by atoms with Crippen molar-refractivity contribution >= 4 is 27.6 Å². The number of anilines is 2. The van der Waals surface area contributed by atoms with Gasteiger partial charge in [-0.3, -0.25) is 14.5 Å². The van der Waals surface area contributed by atoms with Crippen LogP contribution in [-0.4, -0.2) is 48.4 Å². The van der Waals surface area contributed by atoms with Gasteiger partial charge in [-0.05, 0) is 55.3 Å². The molecule has 3 heterocycles. The second kappa shape index (κ2) is 9.09. The van der Waals surface area contributed by atoms with E-state index < -0.39 is 10.0 Å². The maximum Gasteiger partial charge on any atom is 0.261 e. The second-order valence-electron chi connectivity index (χ2n) is 7.15. The molecular formula is C21H22N6O3S. The molecule has 1 amide bonds. The normalized spacial score (nSPS) is 14.8. The molecule has 0 aliphatic carbocycles. The van der Waals surface area contributed by atoms with Crippen LogP contribution in [0.2, 0.25) is 0 Å². The smallest absolute Gasteiger partial charge is 0.261 e. The van der Waals surface area contributed by atoms with Crippen molar-refractivity contribution < 1.29 is 13.2 Å². The van der Waals surface area contributed by atoms with Gasteiger partial charge in [0.15, 0.2) is 0 Å². The van der Waals surface area contributed by atoms with Gasteiger partial charge in [-0.2, -0.15) is 0 Å². The number of carbonyl (C=O) groups is 1. The molecule has 0 atom stereocenters. The molecule has 0 saturated carbocycles. The highest BCUT2D eigenvalue weighted by Crippen LogP contribution is 2.18. The third-order valence-corrected chi connectivity index (χ3v) is 6.42. The Hall–Kier alpha value is -3.53. The molecule has 0 unspecified atom stereocenters. The summed E-state index contributed by atoms with van der Waals surface area (Å²) in [6.07, 6.45) is 8.00. The summed E-state index contributed by atoms with van der Waals surface area (Å²) in [5.41, 5.74) is 0.834. The third kappa shape index (κ3) is 5.15. The molecular weight excluding hydrogens is 416 g/mol. The summed E-state index contributed by atoms with van der Waals surface area (Å²) < 4.78 is 27.5. The lowest BCUT2D eigenvalue weighted by atomic mass is 10.0. The average Bonchev–Trinajstić information content (AvgIpc) is 2.80. The van der Waals surface area contributed by atoms with Gasteiger partial charge < -0.3 is 10.2 Å². The molecule has 1 aliphatic heterocycles. The number of aromatic nitrogens is 3. The lowest BCUT2D eigenvalue weighted by Gasteiger charge is -2.32. The molecule has 4 rings (SSSR count). The zero-order chi connectivity index (χ0) is 21.7. The van der Waals surface area contributed by atoms with E-state index in [0.29, 0.717) is 17.2 Å². The number of hydrogen-bond acceptors (Lipinski definition) is 7. The minimum atomic E-state index is -3.74. The molecule has 9 nitrogen and oxygen atoms in total. The Balaban J connectivity index is 1.33. The molecule has 3 aromatic rings. The zero-order valence-electron chi connectivity index (χ0n) is 16.7. The van der Waals surface area contributed by atoms with Crippen LogP contribution in [0.15, 0.2) is 72.1 Å². The number of carbonyl (C=O) groups excluding carboxylic acids is 1. The van der Waals surface area contributed by atoms with Crippen molar-refractivity contribution in [2.45, 2.75) is 23.8 Å². The summed E-state index contributed by atoms with van der Waals surface area (Å²) in [6, 6.07) is 10.8. The summed E-state index contributed by atoms with van der Waals surface area (Å²) in [5, 5.41) is 3.03. The molecule has 1 aliphatic rings. The fraction of sp³-hybridized carbons (Fsp3) is 0.238. The molecule has 0 spiro atoms. The van der Waals surface area contributed by atoms with Crippen LogP contribution in [0, 0.1) is 0 Å². The van der Waals surface area contributed by atoms with E-state index in [9.17, 15) is 13.2 Å². The van der Waals surface area contributed by atoms with E-state index in [-0.39, 0.29) is 16.8 Å². The minimum Gasteiger partial charge on any atom is -0.349 e. The fourth-order valence-electron chi connectivity index (χ4n) is 3.37. The molecule has 0 radical (unpaired) electrons. The highest BCUT2D eigenvalue weighted by Gasteiger charge is 2.23. The average molecular weight is 439 g/mol. The number of rotatable bonds is 6. The first kappa shape index (κ1) is 20.7. The first-order valence-corrected chi connectivity index (χ1v) is 11.4. The summed E-state index contributed by atoms with van der Waals surface area (Å²) in [4.78, 5) is 27.2. The van der Waals surface area contributed by atoms with Crippen molar-refractivity contribution in [1.29, 1.82) is 0 Å². The fourth-order valence-corrected chi connectivity index (χ4v) is 4.43. The largest absolute Gasteiger partial charge is 0.349 e. The first-order chi connectivity index (χ1) is 15.0. The predicted octanol–water partition coefficient (Wildman–Crippen LogP) is 2.07. The Labute approximate surface area is 180 Å². The standard InChI is InChI=1S/C21H22N6O3S/c28-20(25-17-8-14-27(15-9-17)21-23-10-1-11-24-21)16-2-4-19(5-3-16)31(29,30)26-18-6-12-22-13-7-18/h1-7,10-13,17H,8-9,14-15H2,(H,22,26)(H,25,28). The van der Waals surface area contributed by atoms with E-state index >= 15 is 0 Å². The van der Waals surface area contributed by atoms with E-state index in [1.54, 1.807) is 30.6 Å². The monoisotopic (exact) mass is 438 g/mol. The van der Waals surface area contributed by atoms with Crippen LogP contribution in [0.25, 0.3) is 0 Å². The van der Waals surface area contributed by atoms with Gasteiger partial charge in [0, 0.05) is 49.5 Å². The molecule has 2 aromatic heterocycles. The van der Waals surface area contributed by atoms with Crippen molar-refractivity contribution in [3.8, 4) is 0 Å². The number of nitrogens with one attached hydrogen (secondary N) is 2. The van der Waals surface area contributed by atoms with E-state index in [0.717, 1.165) is 25.9 Å². The van der Waals surface area contributed by atoms with Gasteiger partial charge in [-0.15, -0.1) is 0 Å². The molecule has 2 N–H and O–H groups in total. The molecule has 1 aromatic carbocycles. The van der Waals surface area contributed by atoms with Crippen molar-refractivity contribution in [3.63, 3.8) is 0 Å². The predicted molar refractivity (Wildman–Crippen MR) is 116 cm³/mol. The number of sulfonamides is 1. The van der Waals surface area contributed by atoms with Crippen LogP contribution >= 0.6 is 0 Å². The van der Waals surface area contributed by atoms with Gasteiger partial charge in [0.2, 0.25) is 5.95 Å². The maximum absolute atomic E-state index is 12.6. The number of hydrogen-bond donors (Lipinski definition) is 2. The Kier molecular flexibility index (Phi) is 6.08. The molecule has 31 heavy (non-hydrogen) atoms. The highest BCUT2D eigenvalue weighted by atomic mass is 32.2. The number of nitrogens with zero attached hydrogens (tertiary/aromatic N) is 4. The number of pyridine rings is 1. The molecule has 0 bridgehead atoms. The summed E-state index contributed by atoms with van der Waals surface area (Å²) in [6.45, 7) is 1.51. The third-order valence-electron chi connectivity index (χ3n) is 5.02.